The summed E-state index contributed by atoms with van der Waals surface area (Å²) in [7, 11) is 0. The fourth-order valence-electron chi connectivity index (χ4n) is 2.39. The molecule has 20 heavy (non-hydrogen) atoms. The van der Waals surface area contributed by atoms with Gasteiger partial charge in [-0.3, -0.25) is 9.59 Å². The molecule has 0 unspecified atom stereocenters. The van der Waals surface area contributed by atoms with Gasteiger partial charge in [-0.25, -0.2) is 0 Å². The minimum atomic E-state index is -0.476. The Kier molecular flexibility index (Phi) is 5.57. The summed E-state index contributed by atoms with van der Waals surface area (Å²) < 4.78 is 0. The number of nitrogens with one attached hydrogen (secondary N) is 1. The van der Waals surface area contributed by atoms with Gasteiger partial charge in [0.15, 0.2) is 0 Å². The number of piperidine rings is 1. The van der Waals surface area contributed by atoms with Gasteiger partial charge >= 0.3 is 0 Å². The molecule has 1 rings (SSSR count). The summed E-state index contributed by atoms with van der Waals surface area (Å²) in [5, 5.41) is 12.2. The van der Waals surface area contributed by atoms with Crippen LogP contribution in [-0.4, -0.2) is 48.1 Å². The van der Waals surface area contributed by atoms with Crippen molar-refractivity contribution >= 4 is 11.8 Å². The highest BCUT2D eigenvalue weighted by molar-refractivity contribution is 5.87. The number of likely N-dealkylation sites (tertiary alicyclic amines) is 1. The van der Waals surface area contributed by atoms with Crippen LogP contribution in [0.2, 0.25) is 0 Å². The van der Waals surface area contributed by atoms with Crippen molar-refractivity contribution in [3.05, 3.63) is 0 Å². The minimum absolute atomic E-state index is 0.0224. The largest absolute Gasteiger partial charge is 0.396 e. The van der Waals surface area contributed by atoms with Crippen molar-refractivity contribution in [3.8, 4) is 0 Å². The van der Waals surface area contributed by atoms with Gasteiger partial charge in [0.25, 0.3) is 0 Å². The molecule has 1 aliphatic rings. The molecule has 1 heterocycles. The average Bonchev–Trinajstić information content (AvgIpc) is 2.43. The number of carbonyl (C=O) groups is 2. The Balaban J connectivity index is 2.42. The van der Waals surface area contributed by atoms with E-state index in [0.717, 1.165) is 19.3 Å². The molecule has 5 nitrogen and oxygen atoms in total. The molecule has 0 atom stereocenters. The molecule has 1 fully saturated rings. The molecular weight excluding hydrogens is 256 g/mol. The van der Waals surface area contributed by atoms with Gasteiger partial charge in [0.1, 0.15) is 0 Å². The lowest BCUT2D eigenvalue weighted by molar-refractivity contribution is -0.137. The molecule has 0 saturated carbocycles. The van der Waals surface area contributed by atoms with Crippen molar-refractivity contribution in [3.63, 3.8) is 0 Å². The number of amides is 2. The second kappa shape index (κ2) is 6.57. The van der Waals surface area contributed by atoms with E-state index in [0.29, 0.717) is 13.1 Å². The van der Waals surface area contributed by atoms with Crippen LogP contribution in [0.25, 0.3) is 0 Å². The molecule has 0 aromatic rings. The van der Waals surface area contributed by atoms with Crippen LogP contribution in [0, 0.1) is 10.8 Å². The fourth-order valence-corrected chi connectivity index (χ4v) is 2.39. The summed E-state index contributed by atoms with van der Waals surface area (Å²) in [6, 6.07) is 0. The lowest BCUT2D eigenvalue weighted by Crippen LogP contribution is -2.48. The zero-order valence-electron chi connectivity index (χ0n) is 13.2. The van der Waals surface area contributed by atoms with Crippen LogP contribution < -0.4 is 5.32 Å². The standard InChI is InChI=1S/C15H28N2O3/c1-5-15(11-18)6-8-17(9-7-15)12(19)10-16-13(20)14(2,3)4/h18H,5-11H2,1-4H3,(H,16,20). The van der Waals surface area contributed by atoms with E-state index in [-0.39, 0.29) is 30.4 Å². The Morgan fingerprint density at radius 2 is 1.80 bits per heavy atom. The van der Waals surface area contributed by atoms with Crippen molar-refractivity contribution in [2.24, 2.45) is 10.8 Å². The smallest absolute Gasteiger partial charge is 0.241 e. The van der Waals surface area contributed by atoms with E-state index in [1.54, 1.807) is 4.90 Å². The maximum Gasteiger partial charge on any atom is 0.241 e. The number of aliphatic hydroxyl groups excluding tert-OH is 1. The lowest BCUT2D eigenvalue weighted by Gasteiger charge is -2.40. The number of rotatable bonds is 4. The van der Waals surface area contributed by atoms with E-state index in [4.69, 9.17) is 0 Å². The first-order valence-corrected chi connectivity index (χ1v) is 7.41. The van der Waals surface area contributed by atoms with Gasteiger partial charge in [-0.1, -0.05) is 27.7 Å². The molecule has 0 radical (unpaired) electrons. The van der Waals surface area contributed by atoms with Crippen molar-refractivity contribution in [1.82, 2.24) is 10.2 Å². The Labute approximate surface area is 121 Å². The third-order valence-corrected chi connectivity index (χ3v) is 4.34. The van der Waals surface area contributed by atoms with Crippen LogP contribution in [0.5, 0.6) is 0 Å². The number of carbonyl (C=O) groups excluding carboxylic acids is 2. The number of aliphatic hydroxyl groups is 1. The van der Waals surface area contributed by atoms with Gasteiger partial charge in [0.2, 0.25) is 11.8 Å². The maximum absolute atomic E-state index is 12.1. The van der Waals surface area contributed by atoms with Crippen LogP contribution in [0.4, 0.5) is 0 Å². The Morgan fingerprint density at radius 3 is 2.20 bits per heavy atom. The molecule has 1 saturated heterocycles. The van der Waals surface area contributed by atoms with Crippen LogP contribution >= 0.6 is 0 Å². The third-order valence-electron chi connectivity index (χ3n) is 4.34. The van der Waals surface area contributed by atoms with Gasteiger partial charge in [-0.2, -0.15) is 0 Å². The summed E-state index contributed by atoms with van der Waals surface area (Å²) in [6.07, 6.45) is 2.60. The van der Waals surface area contributed by atoms with Crippen LogP contribution in [0.1, 0.15) is 47.0 Å². The number of hydrogen-bond donors (Lipinski definition) is 2. The number of nitrogens with zero attached hydrogens (tertiary/aromatic N) is 1. The lowest BCUT2D eigenvalue weighted by atomic mass is 9.77. The van der Waals surface area contributed by atoms with E-state index in [9.17, 15) is 14.7 Å². The SMILES string of the molecule is CCC1(CO)CCN(C(=O)CNC(=O)C(C)(C)C)CC1. The highest BCUT2D eigenvalue weighted by atomic mass is 16.3. The molecule has 0 aromatic heterocycles. The van der Waals surface area contributed by atoms with Gasteiger partial charge in [-0.15, -0.1) is 0 Å². The normalized spacial score (nSPS) is 18.8. The Hall–Kier alpha value is -1.10. The first kappa shape index (κ1) is 17.0. The van der Waals surface area contributed by atoms with Crippen molar-refractivity contribution < 1.29 is 14.7 Å². The maximum atomic E-state index is 12.1. The molecule has 5 heteroatoms. The van der Waals surface area contributed by atoms with E-state index < -0.39 is 5.41 Å². The van der Waals surface area contributed by atoms with Crippen LogP contribution in [0.3, 0.4) is 0 Å². The van der Waals surface area contributed by atoms with Crippen LogP contribution in [0.15, 0.2) is 0 Å². The molecule has 2 N–H and O–H groups in total. The van der Waals surface area contributed by atoms with Crippen LogP contribution in [-0.2, 0) is 9.59 Å². The summed E-state index contributed by atoms with van der Waals surface area (Å²) in [6.45, 7) is 9.13. The summed E-state index contributed by atoms with van der Waals surface area (Å²) in [5.74, 6) is -0.147. The zero-order chi connectivity index (χ0) is 15.4. The highest BCUT2D eigenvalue weighted by Gasteiger charge is 2.34. The first-order chi connectivity index (χ1) is 9.24. The molecule has 1 aliphatic heterocycles. The summed E-state index contributed by atoms with van der Waals surface area (Å²) in [4.78, 5) is 25.6. The van der Waals surface area contributed by atoms with Gasteiger partial charge in [0.05, 0.1) is 6.54 Å². The van der Waals surface area contributed by atoms with E-state index in [2.05, 4.69) is 12.2 Å². The topological polar surface area (TPSA) is 69.6 Å². The van der Waals surface area contributed by atoms with Crippen molar-refractivity contribution in [2.45, 2.75) is 47.0 Å². The molecule has 0 spiro atoms. The second-order valence-electron chi connectivity index (χ2n) is 6.83. The molecule has 2 amide bonds. The third kappa shape index (κ3) is 4.20. The van der Waals surface area contributed by atoms with Crippen molar-refractivity contribution in [2.75, 3.05) is 26.2 Å². The van der Waals surface area contributed by atoms with E-state index in [1.807, 2.05) is 20.8 Å². The van der Waals surface area contributed by atoms with E-state index >= 15 is 0 Å². The van der Waals surface area contributed by atoms with Gasteiger partial charge in [-0.05, 0) is 24.7 Å². The zero-order valence-corrected chi connectivity index (χ0v) is 13.2. The Bertz CT molecular complexity index is 347. The predicted molar refractivity (Wildman–Crippen MR) is 78.1 cm³/mol. The van der Waals surface area contributed by atoms with E-state index in [1.165, 1.54) is 0 Å². The van der Waals surface area contributed by atoms with Crippen molar-refractivity contribution in [1.29, 1.82) is 0 Å². The highest BCUT2D eigenvalue weighted by Crippen LogP contribution is 2.34. The monoisotopic (exact) mass is 284 g/mol. The molecule has 0 bridgehead atoms. The first-order valence-electron chi connectivity index (χ1n) is 7.41. The molecule has 116 valence electrons. The summed E-state index contributed by atoms with van der Waals surface area (Å²) >= 11 is 0. The fraction of sp³-hybridized carbons (Fsp3) is 0.867. The average molecular weight is 284 g/mol. The molecule has 0 aliphatic carbocycles. The Morgan fingerprint density at radius 1 is 1.25 bits per heavy atom. The second-order valence-corrected chi connectivity index (χ2v) is 6.83. The number of hydrogen-bond acceptors (Lipinski definition) is 3. The van der Waals surface area contributed by atoms with Gasteiger partial charge in [0, 0.05) is 25.1 Å². The molecular formula is C15H28N2O3. The quantitative estimate of drug-likeness (QED) is 0.814. The minimum Gasteiger partial charge on any atom is -0.396 e. The van der Waals surface area contributed by atoms with Gasteiger partial charge < -0.3 is 15.3 Å². The summed E-state index contributed by atoms with van der Waals surface area (Å²) in [5.41, 5.74) is -0.498. The molecule has 0 aromatic carbocycles. The predicted octanol–water partition coefficient (Wildman–Crippen LogP) is 1.16.